The fourth-order valence-corrected chi connectivity index (χ4v) is 16.0. The van der Waals surface area contributed by atoms with Crippen molar-refractivity contribution in [3.63, 3.8) is 0 Å². The van der Waals surface area contributed by atoms with Crippen LogP contribution in [0, 0.1) is 0 Å². The molecular weight excluding hydrogens is 1750 g/mol. The lowest BCUT2D eigenvalue weighted by Crippen LogP contribution is -2.71. The number of carboxylic acid groups (broad SMARTS) is 4. The Bertz CT molecular complexity index is 4100. The van der Waals surface area contributed by atoms with Crippen LogP contribution in [0.3, 0.4) is 0 Å². The van der Waals surface area contributed by atoms with E-state index in [2.05, 4.69) is 12.5 Å². The number of hydrogen-bond donors (Lipinski definition) is 28. The fourth-order valence-electron chi connectivity index (χ4n) is 13.0. The van der Waals surface area contributed by atoms with Gasteiger partial charge in [0.2, 0.25) is 0 Å². The number of nitrogens with one attached hydrogen (secondary N) is 3. The molecule has 0 aromatic carbocycles. The predicted molar refractivity (Wildman–Crippen MR) is 334 cm³/mol. The Morgan fingerprint density at radius 1 is 0.267 bits per heavy atom. The van der Waals surface area contributed by atoms with Crippen LogP contribution in [0.5, 0.6) is 0 Å². The van der Waals surface area contributed by atoms with Crippen LogP contribution in [-0.2, 0) is 165 Å². The number of rotatable bonds is 35. The SMILES string of the molecule is O=C(O)C1OC(OC2C(CO)OC(OC3C(C(=O)O)OC(OC4C(COS(=O)(=O)O)OC(OC5C(C(=O)O)OC(OC6C(CO)OC(OC7C(C(=O)O)OC(OC8C(CO)OC(CO)C8O)C(O)C7O)C(NS(=O)(=O)O)C6O)C(OS(=O)(=O)O)C5O)C(NS(=O)(=O)O)C4O)C(OS(=O)(=O)O)C3O)C(NS(=O)(=O)O)C2O)C(O)C(O)C1O. The second-order valence-corrected chi connectivity index (χ2v) is 32.5. The van der Waals surface area contributed by atoms with Crippen LogP contribution in [0.1, 0.15) is 0 Å². The van der Waals surface area contributed by atoms with E-state index in [-0.39, 0.29) is 0 Å². The maximum absolute atomic E-state index is 13.3. The highest BCUT2D eigenvalue weighted by Gasteiger charge is 2.64. The van der Waals surface area contributed by atoms with Gasteiger partial charge in [0.05, 0.1) is 33.0 Å². The summed E-state index contributed by atoms with van der Waals surface area (Å²) in [4.78, 5) is 50.9. The minimum absolute atomic E-state index is 0.890. The zero-order valence-corrected chi connectivity index (χ0v) is 62.0. The highest BCUT2D eigenvalue weighted by molar-refractivity contribution is 7.84. The fraction of sp³-hybridized carbons (Fsp3) is 0.917. The average Bonchev–Trinajstić information content (AvgIpc) is 1.03. The summed E-state index contributed by atoms with van der Waals surface area (Å²) in [7, 11) is -36.1. The third kappa shape index (κ3) is 23.6. The van der Waals surface area contributed by atoms with Crippen molar-refractivity contribution in [1.82, 2.24) is 14.2 Å². The van der Waals surface area contributed by atoms with Crippen LogP contribution in [0.15, 0.2) is 0 Å². The number of ether oxygens (including phenoxy) is 15. The van der Waals surface area contributed by atoms with E-state index in [1.54, 1.807) is 0 Å². The Morgan fingerprint density at radius 3 is 0.862 bits per heavy atom. The van der Waals surface area contributed by atoms with Gasteiger partial charge in [0.1, 0.15) is 159 Å². The molecule has 0 aromatic rings. The first-order chi connectivity index (χ1) is 53.4. The number of aliphatic hydroxyl groups is 15. The van der Waals surface area contributed by atoms with Crippen LogP contribution in [-0.4, -0.2) is 471 Å². The van der Waals surface area contributed by atoms with Crippen molar-refractivity contribution in [2.45, 2.75) is 239 Å². The van der Waals surface area contributed by atoms with Crippen molar-refractivity contribution in [3.05, 3.63) is 0 Å². The maximum Gasteiger partial charge on any atom is 0.397 e. The summed E-state index contributed by atoms with van der Waals surface area (Å²) in [5.41, 5.74) is 0. The molecule has 62 nitrogen and oxygen atoms in total. The standard InChI is InChI=1S/C48H77N3O59S6/c52-1-6-14(56)25(7(2-53)94-6)98-46-22(64)20(62)29(35(106-46)39(69)70)102-42-12(50-112(78,79)80)16(58)27(9(4-55)96-42)100-47-33(109-115(87,88)89)24(66)31(37(107-47)41(73)74)104-44-13(51-113(81,82)83)17(59)28(10(97-44)5-93-114(84,85)86)101-48-34(110-116(90,91)92)23(65)30(36(108-48)40(71)72)103-43-11(49-111(75,76)77)15(57)26(8(3-54)95-43)99-45-21(63)18(60)19(61)32(105-45)38(67)68/h6-37,42-66H,1-5H2,(H,67,68)(H,69,70)(H,71,72)(H,73,74)(H,75,76,77)(H,78,79,80)(H,81,82,83)(H,84,85,86)(H,87,88,89)(H,90,91,92). The van der Waals surface area contributed by atoms with Crippen molar-refractivity contribution in [1.29, 1.82) is 0 Å². The normalized spacial score (nSPS) is 43.8. The van der Waals surface area contributed by atoms with Gasteiger partial charge in [-0.05, 0) is 0 Å². The number of hydrogen-bond acceptors (Lipinski definition) is 49. The molecule has 68 heteroatoms. The molecule has 39 unspecified atom stereocenters. The first-order valence-corrected chi connectivity index (χ1v) is 40.7. The second kappa shape index (κ2) is 38.3. The zero-order chi connectivity index (χ0) is 87.2. The molecule has 0 radical (unpaired) electrons. The molecule has 0 amide bonds. The summed E-state index contributed by atoms with van der Waals surface area (Å²) in [6.45, 7) is -6.96. The van der Waals surface area contributed by atoms with Gasteiger partial charge in [-0.3, -0.25) is 27.3 Å². The van der Waals surface area contributed by atoms with Crippen molar-refractivity contribution >= 4 is 86.0 Å². The van der Waals surface area contributed by atoms with Crippen LogP contribution in [0.2, 0.25) is 0 Å². The molecular formula is C48H77N3O59S6. The topological polar surface area (TPSA) is 981 Å². The maximum atomic E-state index is 13.3. The monoisotopic (exact) mass is 1830 g/mol. The van der Waals surface area contributed by atoms with E-state index in [1.807, 2.05) is 0 Å². The van der Waals surface area contributed by atoms with Gasteiger partial charge in [0, 0.05) is 0 Å². The quantitative estimate of drug-likeness (QED) is 0.0262. The third-order valence-corrected chi connectivity index (χ3v) is 21.1. The highest BCUT2D eigenvalue weighted by Crippen LogP contribution is 2.41. The van der Waals surface area contributed by atoms with Crippen LogP contribution >= 0.6 is 0 Å². The van der Waals surface area contributed by atoms with E-state index in [9.17, 15) is 194 Å². The van der Waals surface area contributed by atoms with Gasteiger partial charge in [-0.2, -0.15) is 64.7 Å². The van der Waals surface area contributed by atoms with Gasteiger partial charge in [0.25, 0.3) is 0 Å². The molecule has 0 aromatic heterocycles. The Kier molecular flexibility index (Phi) is 32.2. The van der Waals surface area contributed by atoms with Gasteiger partial charge in [-0.15, -0.1) is 0 Å². The Hall–Kier alpha value is -4.10. The lowest BCUT2D eigenvalue weighted by atomic mass is 9.94. The molecule has 8 saturated heterocycles. The predicted octanol–water partition coefficient (Wildman–Crippen LogP) is -19.7. The lowest BCUT2D eigenvalue weighted by Gasteiger charge is -2.50. The number of carboxylic acids is 4. The molecule has 8 rings (SSSR count). The first-order valence-electron chi connectivity index (χ1n) is 32.3. The molecule has 0 saturated carbocycles. The van der Waals surface area contributed by atoms with Crippen LogP contribution < -0.4 is 14.2 Å². The van der Waals surface area contributed by atoms with Gasteiger partial charge in [0.15, 0.2) is 80.7 Å². The number of carbonyl (C=O) groups is 4. The lowest BCUT2D eigenvalue weighted by molar-refractivity contribution is -0.378. The summed E-state index contributed by atoms with van der Waals surface area (Å²) in [6, 6.07) is -8.67. The van der Waals surface area contributed by atoms with Crippen molar-refractivity contribution < 1.29 is 278 Å². The molecule has 0 bridgehead atoms. The zero-order valence-electron chi connectivity index (χ0n) is 57.1. The molecule has 8 heterocycles. The van der Waals surface area contributed by atoms with Gasteiger partial charge < -0.3 is 168 Å². The summed E-state index contributed by atoms with van der Waals surface area (Å²) in [5.74, 6) is -9.17. The molecule has 8 aliphatic rings. The molecule has 8 fully saturated rings. The Morgan fingerprint density at radius 2 is 0.543 bits per heavy atom. The minimum Gasteiger partial charge on any atom is -0.479 e. The van der Waals surface area contributed by atoms with E-state index < -0.39 is 358 Å². The largest absolute Gasteiger partial charge is 0.479 e. The van der Waals surface area contributed by atoms with E-state index in [0.29, 0.717) is 0 Å². The van der Waals surface area contributed by atoms with Gasteiger partial charge in [-0.1, -0.05) is 0 Å². The Balaban J connectivity index is 1.08. The van der Waals surface area contributed by atoms with E-state index >= 15 is 0 Å². The molecule has 116 heavy (non-hydrogen) atoms. The van der Waals surface area contributed by atoms with Crippen LogP contribution in [0.25, 0.3) is 0 Å². The van der Waals surface area contributed by atoms with Gasteiger partial charge in [-0.25, -0.2) is 31.7 Å². The van der Waals surface area contributed by atoms with E-state index in [0.717, 1.165) is 0 Å². The van der Waals surface area contributed by atoms with Crippen LogP contribution in [0.4, 0.5) is 0 Å². The van der Waals surface area contributed by atoms with Crippen molar-refractivity contribution in [2.24, 2.45) is 0 Å². The Labute approximate surface area is 647 Å². The molecule has 674 valence electrons. The van der Waals surface area contributed by atoms with E-state index in [1.165, 1.54) is 14.2 Å². The number of aliphatic hydroxyl groups excluding tert-OH is 15. The van der Waals surface area contributed by atoms with Crippen molar-refractivity contribution in [3.8, 4) is 0 Å². The van der Waals surface area contributed by atoms with Gasteiger partial charge >= 0.3 is 86.0 Å². The number of aliphatic carboxylic acids is 4. The second-order valence-electron chi connectivity index (χ2n) is 25.8. The molecule has 0 spiro atoms. The molecule has 39 atom stereocenters. The summed E-state index contributed by atoms with van der Waals surface area (Å²) in [6.07, 6.45) is -97.4. The summed E-state index contributed by atoms with van der Waals surface area (Å²) >= 11 is 0. The summed E-state index contributed by atoms with van der Waals surface area (Å²) in [5, 5.41) is 205. The first kappa shape index (κ1) is 97.3. The summed E-state index contributed by atoms with van der Waals surface area (Å²) < 4.78 is 307. The molecule has 0 aliphatic carbocycles. The van der Waals surface area contributed by atoms with E-state index in [4.69, 9.17) is 71.1 Å². The molecule has 28 N–H and O–H groups in total. The average molecular weight is 1830 g/mol. The van der Waals surface area contributed by atoms with Crippen molar-refractivity contribution in [2.75, 3.05) is 33.0 Å². The minimum atomic E-state index is -6.25. The molecule has 8 aliphatic heterocycles. The highest BCUT2D eigenvalue weighted by atomic mass is 32.3. The third-order valence-electron chi connectivity index (χ3n) is 18.0. The smallest absolute Gasteiger partial charge is 0.397 e.